The Bertz CT molecular complexity index is 945. The molecule has 140 valence electrons. The molecule has 0 aliphatic carbocycles. The third-order valence-electron chi connectivity index (χ3n) is 4.05. The lowest BCUT2D eigenvalue weighted by molar-refractivity contribution is -0.138. The molecule has 0 saturated heterocycles. The van der Waals surface area contributed by atoms with Gasteiger partial charge in [0.15, 0.2) is 0 Å². The molecule has 0 spiro atoms. The van der Waals surface area contributed by atoms with Gasteiger partial charge in [-0.3, -0.25) is 0 Å². The molecule has 0 aliphatic rings. The van der Waals surface area contributed by atoms with Gasteiger partial charge >= 0.3 is 6.18 Å². The van der Waals surface area contributed by atoms with Gasteiger partial charge in [0.1, 0.15) is 23.0 Å². The molecule has 0 unspecified atom stereocenters. The maximum Gasteiger partial charge on any atom is 0.419 e. The molecule has 0 atom stereocenters. The van der Waals surface area contributed by atoms with E-state index in [1.54, 1.807) is 37.3 Å². The van der Waals surface area contributed by atoms with Crippen molar-refractivity contribution in [2.24, 2.45) is 0 Å². The van der Waals surface area contributed by atoms with E-state index in [0.717, 1.165) is 22.9 Å². The van der Waals surface area contributed by atoms with Crippen LogP contribution in [0.5, 0.6) is 23.0 Å². The second-order valence-corrected chi connectivity index (χ2v) is 6.44. The molecule has 0 bridgehead atoms. The van der Waals surface area contributed by atoms with Crippen LogP contribution in [-0.2, 0) is 6.18 Å². The first-order chi connectivity index (χ1) is 12.7. The predicted molar refractivity (Wildman–Crippen MR) is 98.7 cm³/mol. The highest BCUT2D eigenvalue weighted by Crippen LogP contribution is 2.39. The molecule has 3 aromatic rings. The minimum absolute atomic E-state index is 0.226. The number of rotatable bonds is 4. The lowest BCUT2D eigenvalue weighted by Crippen LogP contribution is -2.07. The van der Waals surface area contributed by atoms with Gasteiger partial charge in [-0.1, -0.05) is 29.3 Å². The van der Waals surface area contributed by atoms with E-state index in [2.05, 4.69) is 0 Å². The molecule has 0 aromatic heterocycles. The van der Waals surface area contributed by atoms with Crippen LogP contribution >= 0.6 is 0 Å². The Morgan fingerprint density at radius 2 is 1.11 bits per heavy atom. The third-order valence-corrected chi connectivity index (χ3v) is 4.05. The summed E-state index contributed by atoms with van der Waals surface area (Å²) in [4.78, 5) is 0. The highest BCUT2D eigenvalue weighted by atomic mass is 19.4. The SMILES string of the molecule is Cc1ccc(Oc2ccc(Oc3ccc(C)cc3C(F)(F)F)cc2)c(C)c1. The van der Waals surface area contributed by atoms with Crippen molar-refractivity contribution in [1.82, 2.24) is 0 Å². The quantitative estimate of drug-likeness (QED) is 0.481. The van der Waals surface area contributed by atoms with E-state index in [9.17, 15) is 13.2 Å². The summed E-state index contributed by atoms with van der Waals surface area (Å²) >= 11 is 0. The molecule has 0 aliphatic heterocycles. The highest BCUT2D eigenvalue weighted by Gasteiger charge is 2.34. The van der Waals surface area contributed by atoms with Gasteiger partial charge in [0.25, 0.3) is 0 Å². The molecule has 0 radical (unpaired) electrons. The molecule has 0 fully saturated rings. The Kier molecular flexibility index (Phi) is 5.13. The van der Waals surface area contributed by atoms with E-state index < -0.39 is 11.7 Å². The molecule has 27 heavy (non-hydrogen) atoms. The van der Waals surface area contributed by atoms with Gasteiger partial charge in [-0.25, -0.2) is 0 Å². The van der Waals surface area contributed by atoms with Crippen LogP contribution in [0.15, 0.2) is 60.7 Å². The fraction of sp³-hybridized carbons (Fsp3) is 0.182. The van der Waals surface area contributed by atoms with Gasteiger partial charge in [-0.05, 0) is 68.8 Å². The first-order valence-electron chi connectivity index (χ1n) is 8.43. The molecule has 5 heteroatoms. The number of aryl methyl sites for hydroxylation is 3. The maximum absolute atomic E-state index is 13.2. The summed E-state index contributed by atoms with van der Waals surface area (Å²) in [5.74, 6) is 1.38. The standard InChI is InChI=1S/C22H19F3O2/c1-14-4-10-20(16(3)12-14)26-17-6-8-18(9-7-17)27-21-11-5-15(2)13-19(21)22(23,24)25/h4-13H,1-3H3. The highest BCUT2D eigenvalue weighted by molar-refractivity contribution is 5.44. The molecular weight excluding hydrogens is 353 g/mol. The average Bonchev–Trinajstić information content (AvgIpc) is 2.59. The summed E-state index contributed by atoms with van der Waals surface area (Å²) in [6.07, 6.45) is -4.48. The monoisotopic (exact) mass is 372 g/mol. The van der Waals surface area contributed by atoms with E-state index in [1.807, 2.05) is 32.0 Å². The minimum Gasteiger partial charge on any atom is -0.457 e. The van der Waals surface area contributed by atoms with E-state index in [1.165, 1.54) is 6.07 Å². The van der Waals surface area contributed by atoms with Crippen molar-refractivity contribution in [2.75, 3.05) is 0 Å². The summed E-state index contributed by atoms with van der Waals surface area (Å²) in [5.41, 5.74) is 1.87. The van der Waals surface area contributed by atoms with Crippen molar-refractivity contribution in [1.29, 1.82) is 0 Å². The molecule has 0 amide bonds. The van der Waals surface area contributed by atoms with Crippen molar-refractivity contribution < 1.29 is 22.6 Å². The largest absolute Gasteiger partial charge is 0.457 e. The number of ether oxygens (including phenoxy) is 2. The van der Waals surface area contributed by atoms with Crippen LogP contribution in [0.4, 0.5) is 13.2 Å². The van der Waals surface area contributed by atoms with Gasteiger partial charge in [-0.15, -0.1) is 0 Å². The number of benzene rings is 3. The Hall–Kier alpha value is -2.95. The molecular formula is C22H19F3O2. The second-order valence-electron chi connectivity index (χ2n) is 6.44. The van der Waals surface area contributed by atoms with E-state index in [4.69, 9.17) is 9.47 Å². The topological polar surface area (TPSA) is 18.5 Å². The lowest BCUT2D eigenvalue weighted by Gasteiger charge is -2.15. The van der Waals surface area contributed by atoms with Gasteiger partial charge in [-0.2, -0.15) is 13.2 Å². The van der Waals surface area contributed by atoms with Gasteiger partial charge in [0, 0.05) is 0 Å². The van der Waals surface area contributed by atoms with Crippen LogP contribution in [0.3, 0.4) is 0 Å². The van der Waals surface area contributed by atoms with Crippen molar-refractivity contribution >= 4 is 0 Å². The van der Waals surface area contributed by atoms with Gasteiger partial charge in [0.2, 0.25) is 0 Å². The Balaban J connectivity index is 1.79. The zero-order chi connectivity index (χ0) is 19.6. The number of hydrogen-bond acceptors (Lipinski definition) is 2. The van der Waals surface area contributed by atoms with Gasteiger partial charge < -0.3 is 9.47 Å². The second kappa shape index (κ2) is 7.35. The van der Waals surface area contributed by atoms with Gasteiger partial charge in [0.05, 0.1) is 5.56 Å². The molecule has 3 rings (SSSR count). The predicted octanol–water partition coefficient (Wildman–Crippen LogP) is 7.22. The van der Waals surface area contributed by atoms with Crippen LogP contribution in [-0.4, -0.2) is 0 Å². The van der Waals surface area contributed by atoms with E-state index >= 15 is 0 Å². The molecule has 0 N–H and O–H groups in total. The lowest BCUT2D eigenvalue weighted by atomic mass is 10.1. The number of hydrogen-bond donors (Lipinski definition) is 0. The smallest absolute Gasteiger partial charge is 0.419 e. The third kappa shape index (κ3) is 4.61. The summed E-state index contributed by atoms with van der Waals surface area (Å²) in [5, 5.41) is 0. The normalized spacial score (nSPS) is 11.3. The number of halogens is 3. The van der Waals surface area contributed by atoms with E-state index in [-0.39, 0.29) is 5.75 Å². The fourth-order valence-corrected chi connectivity index (χ4v) is 2.70. The van der Waals surface area contributed by atoms with Crippen molar-refractivity contribution in [3.8, 4) is 23.0 Å². The first kappa shape index (κ1) is 18.8. The minimum atomic E-state index is -4.48. The Morgan fingerprint density at radius 1 is 0.630 bits per heavy atom. The number of alkyl halides is 3. The van der Waals surface area contributed by atoms with Crippen LogP contribution in [0.1, 0.15) is 22.3 Å². The molecule has 3 aromatic carbocycles. The van der Waals surface area contributed by atoms with Crippen molar-refractivity contribution in [3.05, 3.63) is 82.9 Å². The van der Waals surface area contributed by atoms with Crippen LogP contribution in [0.25, 0.3) is 0 Å². The Morgan fingerprint density at radius 3 is 1.63 bits per heavy atom. The Labute approximate surface area is 156 Å². The van der Waals surface area contributed by atoms with Crippen LogP contribution in [0, 0.1) is 20.8 Å². The first-order valence-corrected chi connectivity index (χ1v) is 8.43. The zero-order valence-electron chi connectivity index (χ0n) is 15.2. The van der Waals surface area contributed by atoms with Crippen molar-refractivity contribution in [3.63, 3.8) is 0 Å². The summed E-state index contributed by atoms with van der Waals surface area (Å²) in [6, 6.07) is 16.3. The molecule has 0 heterocycles. The summed E-state index contributed by atoms with van der Waals surface area (Å²) in [6.45, 7) is 5.57. The molecule has 0 saturated carbocycles. The van der Waals surface area contributed by atoms with Crippen LogP contribution in [0.2, 0.25) is 0 Å². The summed E-state index contributed by atoms with van der Waals surface area (Å²) in [7, 11) is 0. The summed E-state index contributed by atoms with van der Waals surface area (Å²) < 4.78 is 50.9. The average molecular weight is 372 g/mol. The fourth-order valence-electron chi connectivity index (χ4n) is 2.70. The molecule has 2 nitrogen and oxygen atoms in total. The van der Waals surface area contributed by atoms with Crippen molar-refractivity contribution in [2.45, 2.75) is 26.9 Å². The van der Waals surface area contributed by atoms with Crippen LogP contribution < -0.4 is 9.47 Å². The van der Waals surface area contributed by atoms with E-state index in [0.29, 0.717) is 17.1 Å². The zero-order valence-corrected chi connectivity index (χ0v) is 15.2. The maximum atomic E-state index is 13.2.